The van der Waals surface area contributed by atoms with E-state index in [4.69, 9.17) is 4.74 Å². The molecule has 0 aromatic heterocycles. The van der Waals surface area contributed by atoms with E-state index in [1.807, 2.05) is 4.90 Å². The summed E-state index contributed by atoms with van der Waals surface area (Å²) in [6, 6.07) is 4.19. The molecule has 0 unspecified atom stereocenters. The second kappa shape index (κ2) is 10.2. The van der Waals surface area contributed by atoms with Crippen LogP contribution in [0.4, 0.5) is 11.4 Å². The van der Waals surface area contributed by atoms with E-state index < -0.39 is 20.9 Å². The quantitative estimate of drug-likeness (QED) is 0.422. The Balaban J connectivity index is 1.62. The van der Waals surface area contributed by atoms with Gasteiger partial charge in [-0.1, -0.05) is 0 Å². The van der Waals surface area contributed by atoms with Crippen LogP contribution in [0.15, 0.2) is 18.2 Å². The minimum Gasteiger partial charge on any atom is -0.379 e. The zero-order chi connectivity index (χ0) is 23.3. The summed E-state index contributed by atoms with van der Waals surface area (Å²) in [7, 11) is -3.52. The third-order valence-corrected chi connectivity index (χ3v) is 7.38. The molecule has 0 aliphatic carbocycles. The van der Waals surface area contributed by atoms with Gasteiger partial charge in [-0.25, -0.2) is 8.42 Å². The van der Waals surface area contributed by atoms with Crippen LogP contribution in [0, 0.1) is 10.1 Å². The topological polar surface area (TPSA) is 142 Å². The van der Waals surface area contributed by atoms with Gasteiger partial charge >= 0.3 is 0 Å². The van der Waals surface area contributed by atoms with E-state index in [1.165, 1.54) is 29.4 Å². The zero-order valence-corrected chi connectivity index (χ0v) is 18.7. The van der Waals surface area contributed by atoms with Gasteiger partial charge in [-0.05, 0) is 12.1 Å². The largest absolute Gasteiger partial charge is 0.379 e. The molecule has 13 heteroatoms. The van der Waals surface area contributed by atoms with Crippen molar-refractivity contribution < 1.29 is 27.7 Å². The Bertz CT molecular complexity index is 970. The maximum atomic E-state index is 12.5. The van der Waals surface area contributed by atoms with Gasteiger partial charge in [0.1, 0.15) is 5.69 Å². The second-order valence-electron chi connectivity index (χ2n) is 7.54. The molecular formula is C19H27N5O7S. The van der Waals surface area contributed by atoms with Crippen LogP contribution in [0.25, 0.3) is 0 Å². The zero-order valence-electron chi connectivity index (χ0n) is 17.9. The first kappa shape index (κ1) is 23.9. The fourth-order valence-electron chi connectivity index (χ4n) is 3.69. The molecule has 2 aliphatic heterocycles. The first-order valence-corrected chi connectivity index (χ1v) is 11.9. The van der Waals surface area contributed by atoms with Gasteiger partial charge in [0.25, 0.3) is 11.6 Å². The average Bonchev–Trinajstić information content (AvgIpc) is 2.79. The van der Waals surface area contributed by atoms with Crippen molar-refractivity contribution in [3.05, 3.63) is 33.9 Å². The summed E-state index contributed by atoms with van der Waals surface area (Å²) in [6.45, 7) is 4.44. The smallest absolute Gasteiger partial charge is 0.293 e. The van der Waals surface area contributed by atoms with Crippen molar-refractivity contribution in [2.75, 3.05) is 69.7 Å². The summed E-state index contributed by atoms with van der Waals surface area (Å²) in [5.74, 6) is -0.890. The summed E-state index contributed by atoms with van der Waals surface area (Å²) >= 11 is 0. The van der Waals surface area contributed by atoms with Gasteiger partial charge in [0.15, 0.2) is 0 Å². The van der Waals surface area contributed by atoms with E-state index in [9.17, 15) is 28.1 Å². The summed E-state index contributed by atoms with van der Waals surface area (Å²) in [6.07, 6.45) is 0. The molecule has 1 aromatic rings. The molecule has 2 saturated heterocycles. The monoisotopic (exact) mass is 469 g/mol. The molecule has 2 fully saturated rings. The number of morpholine rings is 1. The fraction of sp³-hybridized carbons (Fsp3) is 0.579. The number of hydrogen-bond acceptors (Lipinski definition) is 8. The van der Waals surface area contributed by atoms with Crippen molar-refractivity contribution in [2.45, 2.75) is 6.92 Å². The van der Waals surface area contributed by atoms with Gasteiger partial charge in [0.2, 0.25) is 15.9 Å². The van der Waals surface area contributed by atoms with Crippen LogP contribution < -0.4 is 10.2 Å². The molecule has 12 nitrogen and oxygen atoms in total. The Morgan fingerprint density at radius 3 is 2.38 bits per heavy atom. The SMILES string of the molecule is CC(=O)N1CCN(c2ccc(C(=O)NCCS(=O)(=O)N3CCOCC3)cc2[N+](=O)[O-])CC1. The van der Waals surface area contributed by atoms with Gasteiger partial charge < -0.3 is 19.9 Å². The van der Waals surface area contributed by atoms with Crippen LogP contribution in [0.2, 0.25) is 0 Å². The van der Waals surface area contributed by atoms with Crippen molar-refractivity contribution in [1.29, 1.82) is 0 Å². The maximum Gasteiger partial charge on any atom is 0.293 e. The van der Waals surface area contributed by atoms with Crippen LogP contribution >= 0.6 is 0 Å². The number of carbonyl (C=O) groups excluding carboxylic acids is 2. The molecule has 0 saturated carbocycles. The average molecular weight is 470 g/mol. The minimum atomic E-state index is -3.52. The van der Waals surface area contributed by atoms with E-state index >= 15 is 0 Å². The number of ether oxygens (including phenoxy) is 1. The predicted molar refractivity (Wildman–Crippen MR) is 116 cm³/mol. The first-order chi connectivity index (χ1) is 15.2. The van der Waals surface area contributed by atoms with Gasteiger partial charge in [0.05, 0.1) is 23.9 Å². The molecule has 0 radical (unpaired) electrons. The molecule has 0 bridgehead atoms. The van der Waals surface area contributed by atoms with Gasteiger partial charge in [-0.15, -0.1) is 0 Å². The highest BCUT2D eigenvalue weighted by Crippen LogP contribution is 2.30. The Kier molecular flexibility index (Phi) is 7.64. The van der Waals surface area contributed by atoms with E-state index in [1.54, 1.807) is 4.90 Å². The van der Waals surface area contributed by atoms with Crippen molar-refractivity contribution in [1.82, 2.24) is 14.5 Å². The number of rotatable bonds is 7. The van der Waals surface area contributed by atoms with E-state index in [-0.39, 0.29) is 42.5 Å². The number of carbonyl (C=O) groups is 2. The summed E-state index contributed by atoms with van der Waals surface area (Å²) in [4.78, 5) is 38.5. The molecule has 0 spiro atoms. The molecule has 2 amide bonds. The predicted octanol–water partition coefficient (Wildman–Crippen LogP) is -0.345. The van der Waals surface area contributed by atoms with Gasteiger partial charge in [0, 0.05) is 64.4 Å². The number of nitrogens with zero attached hydrogens (tertiary/aromatic N) is 4. The van der Waals surface area contributed by atoms with E-state index in [2.05, 4.69) is 5.32 Å². The number of nitrogens with one attached hydrogen (secondary N) is 1. The molecule has 1 N–H and O–H groups in total. The highest BCUT2D eigenvalue weighted by molar-refractivity contribution is 7.89. The minimum absolute atomic E-state index is 0.0400. The third kappa shape index (κ3) is 5.72. The number of benzene rings is 1. The number of sulfonamides is 1. The van der Waals surface area contributed by atoms with Crippen molar-refractivity contribution in [3.63, 3.8) is 0 Å². The Morgan fingerprint density at radius 1 is 1.12 bits per heavy atom. The number of hydrogen-bond donors (Lipinski definition) is 1. The maximum absolute atomic E-state index is 12.5. The van der Waals surface area contributed by atoms with E-state index in [0.717, 1.165) is 0 Å². The van der Waals surface area contributed by atoms with Gasteiger partial charge in [-0.2, -0.15) is 4.31 Å². The molecular weight excluding hydrogens is 442 g/mol. The number of anilines is 1. The fourth-order valence-corrected chi connectivity index (χ4v) is 5.01. The Morgan fingerprint density at radius 2 is 1.78 bits per heavy atom. The highest BCUT2D eigenvalue weighted by atomic mass is 32.2. The van der Waals surface area contributed by atoms with Crippen LogP contribution in [-0.4, -0.2) is 99.1 Å². The highest BCUT2D eigenvalue weighted by Gasteiger charge is 2.27. The van der Waals surface area contributed by atoms with Crippen LogP contribution in [0.5, 0.6) is 0 Å². The molecule has 32 heavy (non-hydrogen) atoms. The Hall–Kier alpha value is -2.77. The number of piperazine rings is 1. The lowest BCUT2D eigenvalue weighted by molar-refractivity contribution is -0.384. The third-order valence-electron chi connectivity index (χ3n) is 5.51. The number of nitro groups is 1. The van der Waals surface area contributed by atoms with Crippen molar-refractivity contribution in [3.8, 4) is 0 Å². The second-order valence-corrected chi connectivity index (χ2v) is 9.63. The van der Waals surface area contributed by atoms with Crippen LogP contribution in [-0.2, 0) is 19.6 Å². The molecule has 0 atom stereocenters. The molecule has 3 rings (SSSR count). The molecule has 2 heterocycles. The number of amides is 2. The summed E-state index contributed by atoms with van der Waals surface area (Å²) in [5, 5.41) is 14.1. The van der Waals surface area contributed by atoms with Crippen LogP contribution in [0.1, 0.15) is 17.3 Å². The van der Waals surface area contributed by atoms with Crippen molar-refractivity contribution >= 4 is 33.2 Å². The standard InChI is InChI=1S/C19H27N5O7S/c1-15(25)21-5-7-22(8-6-21)17-3-2-16(14-18(17)24(27)28)19(26)20-4-13-32(29,30)23-9-11-31-12-10-23/h2-3,14H,4-13H2,1H3,(H,20,26). The Labute approximate surface area is 186 Å². The molecule has 176 valence electrons. The lowest BCUT2D eigenvalue weighted by atomic mass is 10.1. The molecule has 1 aromatic carbocycles. The summed E-state index contributed by atoms with van der Waals surface area (Å²) < 4.78 is 31.1. The lowest BCUT2D eigenvalue weighted by Gasteiger charge is -2.35. The van der Waals surface area contributed by atoms with Crippen LogP contribution in [0.3, 0.4) is 0 Å². The normalized spacial score (nSPS) is 17.8. The molecule has 2 aliphatic rings. The van der Waals surface area contributed by atoms with E-state index in [0.29, 0.717) is 45.1 Å². The lowest BCUT2D eigenvalue weighted by Crippen LogP contribution is -2.48. The van der Waals surface area contributed by atoms with Gasteiger partial charge in [-0.3, -0.25) is 19.7 Å². The van der Waals surface area contributed by atoms with Crippen molar-refractivity contribution in [2.24, 2.45) is 0 Å². The summed E-state index contributed by atoms with van der Waals surface area (Å²) in [5.41, 5.74) is 0.242. The first-order valence-electron chi connectivity index (χ1n) is 10.3. The number of nitro benzene ring substituents is 1.